The lowest BCUT2D eigenvalue weighted by Gasteiger charge is -2.05. The minimum atomic E-state index is -0.266. The van der Waals surface area contributed by atoms with Gasteiger partial charge in [0.1, 0.15) is 7.85 Å². The van der Waals surface area contributed by atoms with Crippen LogP contribution in [0, 0.1) is 12.7 Å². The van der Waals surface area contributed by atoms with Gasteiger partial charge in [-0.3, -0.25) is 0 Å². The van der Waals surface area contributed by atoms with E-state index in [1.54, 1.807) is 19.1 Å². The maximum Gasteiger partial charge on any atom is 0.167 e. The molecule has 0 aliphatic carbocycles. The average molecular weight is 152 g/mol. The third kappa shape index (κ3) is 1.53. The van der Waals surface area contributed by atoms with Gasteiger partial charge in [-0.15, -0.1) is 0 Å². The first-order valence-electron chi connectivity index (χ1n) is 3.46. The molecule has 11 heavy (non-hydrogen) atoms. The fourth-order valence-electron chi connectivity index (χ4n) is 1.06. The average Bonchev–Trinajstić information content (AvgIpc) is 1.96. The first-order valence-corrected chi connectivity index (χ1v) is 3.46. The second-order valence-electron chi connectivity index (χ2n) is 2.60. The standard InChI is InChI=1S/C8H10BFO/c1-5-3-6(9)4-7(11-2)8(5)10/h3-4H,9H2,1-2H3. The van der Waals surface area contributed by atoms with Crippen LogP contribution in [0.15, 0.2) is 12.1 Å². The number of ether oxygens (including phenoxy) is 1. The van der Waals surface area contributed by atoms with E-state index < -0.39 is 0 Å². The molecule has 0 saturated heterocycles. The van der Waals surface area contributed by atoms with Crippen LogP contribution in [0.1, 0.15) is 5.56 Å². The molecule has 0 N–H and O–H groups in total. The summed E-state index contributed by atoms with van der Waals surface area (Å²) in [5.41, 5.74) is 1.64. The van der Waals surface area contributed by atoms with Gasteiger partial charge in [-0.1, -0.05) is 11.5 Å². The van der Waals surface area contributed by atoms with Crippen molar-refractivity contribution in [2.45, 2.75) is 6.92 Å². The van der Waals surface area contributed by atoms with Crippen LogP contribution in [0.2, 0.25) is 0 Å². The minimum absolute atomic E-state index is 0.266. The largest absolute Gasteiger partial charge is 0.494 e. The molecule has 0 aromatic heterocycles. The molecule has 1 aromatic carbocycles. The number of hydrogen-bond acceptors (Lipinski definition) is 1. The Balaban J connectivity index is 3.24. The molecule has 58 valence electrons. The van der Waals surface area contributed by atoms with Crippen LogP contribution in [0.25, 0.3) is 0 Å². The van der Waals surface area contributed by atoms with Gasteiger partial charge in [0.2, 0.25) is 0 Å². The van der Waals surface area contributed by atoms with Gasteiger partial charge < -0.3 is 4.74 Å². The first kappa shape index (κ1) is 8.11. The van der Waals surface area contributed by atoms with E-state index in [4.69, 9.17) is 4.74 Å². The summed E-state index contributed by atoms with van der Waals surface area (Å²) in [4.78, 5) is 0. The quantitative estimate of drug-likeness (QED) is 0.529. The predicted molar refractivity (Wildman–Crippen MR) is 45.9 cm³/mol. The van der Waals surface area contributed by atoms with E-state index in [0.29, 0.717) is 11.3 Å². The van der Waals surface area contributed by atoms with Gasteiger partial charge in [-0.2, -0.15) is 0 Å². The van der Waals surface area contributed by atoms with E-state index in [1.807, 2.05) is 7.85 Å². The Hall–Kier alpha value is -0.985. The van der Waals surface area contributed by atoms with Crippen molar-refractivity contribution in [2.24, 2.45) is 0 Å². The number of rotatable bonds is 1. The summed E-state index contributed by atoms with van der Waals surface area (Å²) < 4.78 is 17.9. The van der Waals surface area contributed by atoms with Gasteiger partial charge in [0.25, 0.3) is 0 Å². The lowest BCUT2D eigenvalue weighted by molar-refractivity contribution is 0.385. The number of halogens is 1. The Morgan fingerprint density at radius 1 is 1.45 bits per heavy atom. The molecule has 0 radical (unpaired) electrons. The van der Waals surface area contributed by atoms with Gasteiger partial charge in [-0.05, 0) is 18.6 Å². The van der Waals surface area contributed by atoms with Crippen molar-refractivity contribution in [1.29, 1.82) is 0 Å². The lowest BCUT2D eigenvalue weighted by atomic mass is 9.94. The summed E-state index contributed by atoms with van der Waals surface area (Å²) in [5.74, 6) is 0.0561. The summed E-state index contributed by atoms with van der Waals surface area (Å²) in [6.07, 6.45) is 0. The molecule has 0 bridgehead atoms. The van der Waals surface area contributed by atoms with Crippen LogP contribution in [0.4, 0.5) is 4.39 Å². The molecule has 0 spiro atoms. The Morgan fingerprint density at radius 2 is 2.09 bits per heavy atom. The molecule has 0 saturated carbocycles. The lowest BCUT2D eigenvalue weighted by Crippen LogP contribution is -2.05. The van der Waals surface area contributed by atoms with Crippen molar-refractivity contribution in [1.82, 2.24) is 0 Å². The van der Waals surface area contributed by atoms with Gasteiger partial charge in [0, 0.05) is 0 Å². The van der Waals surface area contributed by atoms with Gasteiger partial charge in [0.05, 0.1) is 7.11 Å². The predicted octanol–water partition coefficient (Wildman–Crippen LogP) is 0.401. The molecule has 1 nitrogen and oxygen atoms in total. The van der Waals surface area contributed by atoms with Crippen molar-refractivity contribution in [2.75, 3.05) is 7.11 Å². The molecule has 0 amide bonds. The van der Waals surface area contributed by atoms with E-state index in [9.17, 15) is 4.39 Å². The normalized spacial score (nSPS) is 9.73. The Morgan fingerprint density at radius 3 is 2.64 bits per heavy atom. The highest BCUT2D eigenvalue weighted by Gasteiger charge is 2.04. The highest BCUT2D eigenvalue weighted by Crippen LogP contribution is 2.17. The van der Waals surface area contributed by atoms with E-state index in [2.05, 4.69) is 0 Å². The van der Waals surface area contributed by atoms with E-state index in [-0.39, 0.29) is 5.82 Å². The minimum Gasteiger partial charge on any atom is -0.494 e. The van der Waals surface area contributed by atoms with Crippen LogP contribution in [0.5, 0.6) is 5.75 Å². The molecular weight excluding hydrogens is 142 g/mol. The first-order chi connectivity index (χ1) is 5.15. The van der Waals surface area contributed by atoms with Crippen molar-refractivity contribution in [3.63, 3.8) is 0 Å². The van der Waals surface area contributed by atoms with Crippen molar-refractivity contribution in [3.8, 4) is 5.75 Å². The molecule has 0 aliphatic rings. The van der Waals surface area contributed by atoms with E-state index >= 15 is 0 Å². The Kier molecular flexibility index (Phi) is 2.18. The van der Waals surface area contributed by atoms with E-state index in [0.717, 1.165) is 5.46 Å². The molecule has 1 aromatic rings. The number of hydrogen-bond donors (Lipinski definition) is 0. The summed E-state index contributed by atoms with van der Waals surface area (Å²) in [6, 6.07) is 3.47. The smallest absolute Gasteiger partial charge is 0.167 e. The summed E-state index contributed by atoms with van der Waals surface area (Å²) >= 11 is 0. The molecular formula is C8H10BFO. The van der Waals surface area contributed by atoms with Crippen LogP contribution >= 0.6 is 0 Å². The molecule has 0 unspecified atom stereocenters. The third-order valence-electron chi connectivity index (χ3n) is 1.59. The maximum atomic E-state index is 13.1. The molecule has 0 aliphatic heterocycles. The Labute approximate surface area is 66.6 Å². The molecule has 3 heteroatoms. The number of benzene rings is 1. The molecule has 0 heterocycles. The SMILES string of the molecule is Bc1cc(C)c(F)c(OC)c1. The van der Waals surface area contributed by atoms with Crippen LogP contribution < -0.4 is 10.2 Å². The number of methoxy groups -OCH3 is 1. The fraction of sp³-hybridized carbons (Fsp3) is 0.250. The van der Waals surface area contributed by atoms with Gasteiger partial charge in [0.15, 0.2) is 11.6 Å². The molecule has 1 rings (SSSR count). The summed E-state index contributed by atoms with van der Waals surface area (Å²) in [6.45, 7) is 1.73. The summed E-state index contributed by atoms with van der Waals surface area (Å²) in [7, 11) is 3.38. The highest BCUT2D eigenvalue weighted by atomic mass is 19.1. The molecule has 0 fully saturated rings. The van der Waals surface area contributed by atoms with Crippen LogP contribution in [-0.2, 0) is 0 Å². The third-order valence-corrected chi connectivity index (χ3v) is 1.59. The zero-order chi connectivity index (χ0) is 8.43. The summed E-state index contributed by atoms with van der Waals surface area (Å²) in [5, 5.41) is 0. The van der Waals surface area contributed by atoms with Crippen LogP contribution in [0.3, 0.4) is 0 Å². The zero-order valence-corrected chi connectivity index (χ0v) is 6.94. The van der Waals surface area contributed by atoms with Crippen molar-refractivity contribution in [3.05, 3.63) is 23.5 Å². The van der Waals surface area contributed by atoms with E-state index in [1.165, 1.54) is 7.11 Å². The van der Waals surface area contributed by atoms with Crippen LogP contribution in [-0.4, -0.2) is 15.0 Å². The second kappa shape index (κ2) is 2.95. The highest BCUT2D eigenvalue weighted by molar-refractivity contribution is 6.32. The van der Waals surface area contributed by atoms with Gasteiger partial charge >= 0.3 is 0 Å². The van der Waals surface area contributed by atoms with Crippen molar-refractivity contribution >= 4 is 13.3 Å². The monoisotopic (exact) mass is 152 g/mol. The number of aryl methyl sites for hydroxylation is 1. The maximum absolute atomic E-state index is 13.1. The van der Waals surface area contributed by atoms with Crippen molar-refractivity contribution < 1.29 is 9.13 Å². The fourth-order valence-corrected chi connectivity index (χ4v) is 1.06. The second-order valence-corrected chi connectivity index (χ2v) is 2.60. The zero-order valence-electron chi connectivity index (χ0n) is 6.94. The molecule has 0 atom stereocenters. The topological polar surface area (TPSA) is 9.23 Å². The Bertz CT molecular complexity index is 273. The van der Waals surface area contributed by atoms with Gasteiger partial charge in [-0.25, -0.2) is 4.39 Å².